The van der Waals surface area contributed by atoms with Gasteiger partial charge >= 0.3 is 0 Å². The molecule has 0 radical (unpaired) electrons. The molecular weight excluding hydrogens is 188 g/mol. The molecule has 2 aliphatic heterocycles. The van der Waals surface area contributed by atoms with E-state index in [1.54, 1.807) is 0 Å². The van der Waals surface area contributed by atoms with E-state index in [1.807, 2.05) is 0 Å². The van der Waals surface area contributed by atoms with Gasteiger partial charge in [-0.15, -0.1) is 0 Å². The highest BCUT2D eigenvalue weighted by atomic mass is 32.2. The molecule has 0 spiro atoms. The molecule has 0 saturated carbocycles. The Morgan fingerprint density at radius 3 is 2.85 bits per heavy atom. The van der Waals surface area contributed by atoms with Crippen LogP contribution in [0, 0.1) is 0 Å². The van der Waals surface area contributed by atoms with Crippen LogP contribution in [0.25, 0.3) is 0 Å². The molecule has 2 aliphatic rings. The first-order valence-corrected chi connectivity index (χ1v) is 6.31. The minimum atomic E-state index is -0.735. The lowest BCUT2D eigenvalue weighted by molar-refractivity contribution is 0.128. The Bertz CT molecular complexity index is 183. The van der Waals surface area contributed by atoms with Crippen molar-refractivity contribution in [2.24, 2.45) is 0 Å². The number of hydrogen-bond acceptors (Lipinski definition) is 3. The van der Waals surface area contributed by atoms with Gasteiger partial charge in [-0.05, 0) is 19.3 Å². The van der Waals surface area contributed by atoms with Crippen LogP contribution in [0.15, 0.2) is 0 Å². The average Bonchev–Trinajstić information content (AvgIpc) is 2.74. The highest BCUT2D eigenvalue weighted by Gasteiger charge is 2.26. The van der Waals surface area contributed by atoms with E-state index in [2.05, 4.69) is 0 Å². The smallest absolute Gasteiger partial charge is 0.0691 e. The van der Waals surface area contributed by atoms with E-state index < -0.39 is 10.8 Å². The molecule has 3 atom stereocenters. The van der Waals surface area contributed by atoms with E-state index in [1.165, 1.54) is 0 Å². The van der Waals surface area contributed by atoms with Crippen LogP contribution in [0.3, 0.4) is 0 Å². The highest BCUT2D eigenvalue weighted by Crippen LogP contribution is 2.17. The van der Waals surface area contributed by atoms with Gasteiger partial charge in [-0.1, -0.05) is 0 Å². The lowest BCUT2D eigenvalue weighted by Gasteiger charge is -2.12. The summed E-state index contributed by atoms with van der Waals surface area (Å²) in [6, 6.07) is 0. The van der Waals surface area contributed by atoms with Crippen molar-refractivity contribution in [1.82, 2.24) is 0 Å². The van der Waals surface area contributed by atoms with Gasteiger partial charge in [-0.25, -0.2) is 0 Å². The van der Waals surface area contributed by atoms with Crippen molar-refractivity contribution in [1.29, 1.82) is 0 Å². The van der Waals surface area contributed by atoms with Gasteiger partial charge in [0.1, 0.15) is 0 Å². The SMILES string of the molecule is O=S(CC1CCCO1)C1CCOC1. The lowest BCUT2D eigenvalue weighted by Crippen LogP contribution is -2.24. The van der Waals surface area contributed by atoms with E-state index in [9.17, 15) is 4.21 Å². The molecule has 3 nitrogen and oxygen atoms in total. The maximum Gasteiger partial charge on any atom is 0.0691 e. The van der Waals surface area contributed by atoms with Crippen molar-refractivity contribution in [3.63, 3.8) is 0 Å². The summed E-state index contributed by atoms with van der Waals surface area (Å²) in [5, 5.41) is 0.268. The fourth-order valence-electron chi connectivity index (χ4n) is 1.82. The maximum atomic E-state index is 11.8. The molecule has 4 heteroatoms. The average molecular weight is 204 g/mol. The third-order valence-corrected chi connectivity index (χ3v) is 4.45. The summed E-state index contributed by atoms with van der Waals surface area (Å²) in [5.41, 5.74) is 0. The van der Waals surface area contributed by atoms with Gasteiger partial charge in [0.15, 0.2) is 0 Å². The first kappa shape index (κ1) is 9.62. The molecule has 13 heavy (non-hydrogen) atoms. The third kappa shape index (κ3) is 2.51. The molecule has 2 heterocycles. The van der Waals surface area contributed by atoms with Crippen LogP contribution in [0.4, 0.5) is 0 Å². The van der Waals surface area contributed by atoms with Crippen LogP contribution >= 0.6 is 0 Å². The highest BCUT2D eigenvalue weighted by molar-refractivity contribution is 7.85. The standard InChI is InChI=1S/C9H16O3S/c10-13(9-3-5-11-6-9)7-8-2-1-4-12-8/h8-9H,1-7H2. The molecule has 76 valence electrons. The molecule has 2 rings (SSSR count). The predicted molar refractivity (Wildman–Crippen MR) is 51.2 cm³/mol. The second-order valence-electron chi connectivity index (χ2n) is 3.67. The second kappa shape index (κ2) is 4.53. The maximum absolute atomic E-state index is 11.8. The minimum absolute atomic E-state index is 0.251. The number of ether oxygens (including phenoxy) is 2. The summed E-state index contributed by atoms with van der Waals surface area (Å²) in [5.74, 6) is 0.716. The van der Waals surface area contributed by atoms with Gasteiger partial charge in [-0.2, -0.15) is 0 Å². The largest absolute Gasteiger partial charge is 0.380 e. The van der Waals surface area contributed by atoms with Crippen molar-refractivity contribution >= 4 is 10.8 Å². The zero-order valence-electron chi connectivity index (χ0n) is 7.74. The molecule has 3 unspecified atom stereocenters. The molecular formula is C9H16O3S. The Hall–Kier alpha value is 0.0700. The zero-order chi connectivity index (χ0) is 9.10. The fourth-order valence-corrected chi connectivity index (χ4v) is 3.32. The zero-order valence-corrected chi connectivity index (χ0v) is 8.55. The quantitative estimate of drug-likeness (QED) is 0.679. The first-order chi connectivity index (χ1) is 6.36. The summed E-state index contributed by atoms with van der Waals surface area (Å²) >= 11 is 0. The molecule has 0 aliphatic carbocycles. The lowest BCUT2D eigenvalue weighted by atomic mass is 10.3. The summed E-state index contributed by atoms with van der Waals surface area (Å²) in [7, 11) is -0.735. The van der Waals surface area contributed by atoms with E-state index in [0.717, 1.165) is 32.5 Å². The van der Waals surface area contributed by atoms with Crippen LogP contribution in [0.2, 0.25) is 0 Å². The van der Waals surface area contributed by atoms with Crippen LogP contribution in [-0.4, -0.2) is 41.1 Å². The van der Waals surface area contributed by atoms with Crippen molar-refractivity contribution in [3.05, 3.63) is 0 Å². The molecule has 0 bridgehead atoms. The normalized spacial score (nSPS) is 36.6. The van der Waals surface area contributed by atoms with E-state index in [-0.39, 0.29) is 11.4 Å². The molecule has 0 aromatic rings. The topological polar surface area (TPSA) is 35.5 Å². The molecule has 0 aromatic heterocycles. The van der Waals surface area contributed by atoms with Gasteiger partial charge in [0, 0.05) is 24.0 Å². The summed E-state index contributed by atoms with van der Waals surface area (Å²) in [6.07, 6.45) is 3.42. The van der Waals surface area contributed by atoms with Crippen LogP contribution in [0.5, 0.6) is 0 Å². The second-order valence-corrected chi connectivity index (χ2v) is 5.43. The Morgan fingerprint density at radius 2 is 2.23 bits per heavy atom. The van der Waals surface area contributed by atoms with Gasteiger partial charge in [0.05, 0.1) is 23.7 Å². The van der Waals surface area contributed by atoms with Gasteiger partial charge in [0.25, 0.3) is 0 Å². The molecule has 2 saturated heterocycles. The van der Waals surface area contributed by atoms with Crippen LogP contribution in [-0.2, 0) is 20.3 Å². The Balaban J connectivity index is 1.76. The Labute approximate surface area is 81.2 Å². The molecule has 0 aromatic carbocycles. The van der Waals surface area contributed by atoms with E-state index in [0.29, 0.717) is 12.4 Å². The summed E-state index contributed by atoms with van der Waals surface area (Å²) in [6.45, 7) is 2.31. The van der Waals surface area contributed by atoms with E-state index >= 15 is 0 Å². The minimum Gasteiger partial charge on any atom is -0.380 e. The van der Waals surface area contributed by atoms with E-state index in [4.69, 9.17) is 9.47 Å². The fraction of sp³-hybridized carbons (Fsp3) is 1.00. The first-order valence-electron chi connectivity index (χ1n) is 4.93. The van der Waals surface area contributed by atoms with Crippen molar-refractivity contribution in [3.8, 4) is 0 Å². The summed E-state index contributed by atoms with van der Waals surface area (Å²) < 4.78 is 22.4. The Morgan fingerprint density at radius 1 is 1.31 bits per heavy atom. The Kier molecular flexibility index (Phi) is 3.35. The van der Waals surface area contributed by atoms with Gasteiger partial charge in [-0.3, -0.25) is 4.21 Å². The van der Waals surface area contributed by atoms with Crippen LogP contribution in [0.1, 0.15) is 19.3 Å². The molecule has 0 amide bonds. The number of rotatable bonds is 3. The third-order valence-electron chi connectivity index (χ3n) is 2.63. The molecule has 2 fully saturated rings. The summed E-state index contributed by atoms with van der Waals surface area (Å²) in [4.78, 5) is 0. The van der Waals surface area contributed by atoms with Crippen molar-refractivity contribution in [2.45, 2.75) is 30.6 Å². The van der Waals surface area contributed by atoms with Crippen LogP contribution < -0.4 is 0 Å². The van der Waals surface area contributed by atoms with Gasteiger partial charge in [0.2, 0.25) is 0 Å². The van der Waals surface area contributed by atoms with Gasteiger partial charge < -0.3 is 9.47 Å². The number of hydrogen-bond donors (Lipinski definition) is 0. The van der Waals surface area contributed by atoms with Crippen molar-refractivity contribution in [2.75, 3.05) is 25.6 Å². The molecule has 0 N–H and O–H groups in total. The van der Waals surface area contributed by atoms with Crippen molar-refractivity contribution < 1.29 is 13.7 Å². The monoisotopic (exact) mass is 204 g/mol. The predicted octanol–water partition coefficient (Wildman–Crippen LogP) is 0.703.